The molecule has 132 valence electrons. The highest BCUT2D eigenvalue weighted by Crippen LogP contribution is 2.08. The van der Waals surface area contributed by atoms with Gasteiger partial charge in [0, 0.05) is 5.56 Å². The number of halogens is 1. The fraction of sp³-hybridized carbons (Fsp3) is 0.438. The van der Waals surface area contributed by atoms with Gasteiger partial charge in [0.1, 0.15) is 11.9 Å². The summed E-state index contributed by atoms with van der Waals surface area (Å²) in [5.74, 6) is -3.43. The summed E-state index contributed by atoms with van der Waals surface area (Å²) in [7, 11) is 0. The van der Waals surface area contributed by atoms with Crippen LogP contribution in [-0.4, -0.2) is 46.2 Å². The quantitative estimate of drug-likeness (QED) is 0.578. The molecule has 24 heavy (non-hydrogen) atoms. The van der Waals surface area contributed by atoms with Crippen LogP contribution in [0.3, 0.4) is 0 Å². The zero-order valence-corrected chi connectivity index (χ0v) is 13.7. The van der Waals surface area contributed by atoms with Gasteiger partial charge in [0.2, 0.25) is 5.91 Å². The van der Waals surface area contributed by atoms with Gasteiger partial charge in [-0.15, -0.1) is 0 Å². The fourth-order valence-electron chi connectivity index (χ4n) is 1.81. The maximum Gasteiger partial charge on any atom is 0.337 e. The lowest BCUT2D eigenvalue weighted by atomic mass is 10.0. The van der Waals surface area contributed by atoms with E-state index in [1.807, 2.05) is 0 Å². The largest absolute Gasteiger partial charge is 0.479 e. The first-order valence-electron chi connectivity index (χ1n) is 7.34. The van der Waals surface area contributed by atoms with Gasteiger partial charge in [-0.05, 0) is 37.1 Å². The summed E-state index contributed by atoms with van der Waals surface area (Å²) < 4.78 is 12.9. The molecular formula is C16H21FN2O5. The van der Waals surface area contributed by atoms with Crippen molar-refractivity contribution in [3.05, 3.63) is 35.6 Å². The number of aliphatic carboxylic acids is 1. The van der Waals surface area contributed by atoms with Crippen LogP contribution in [0.1, 0.15) is 31.1 Å². The Labute approximate surface area is 138 Å². The van der Waals surface area contributed by atoms with Crippen LogP contribution >= 0.6 is 0 Å². The maximum atomic E-state index is 12.9. The Bertz CT molecular complexity index is 613. The third-order valence-corrected chi connectivity index (χ3v) is 3.41. The minimum Gasteiger partial charge on any atom is -0.479 e. The molecule has 2 amide bonds. The number of nitrogens with one attached hydrogen (secondary N) is 2. The van der Waals surface area contributed by atoms with E-state index >= 15 is 0 Å². The van der Waals surface area contributed by atoms with Crippen LogP contribution in [0.15, 0.2) is 24.3 Å². The SMILES string of the molecule is CC(C)C(NC(=O)c1ccc(F)cc1)C(=O)NCC(C)(O)C(=O)O. The van der Waals surface area contributed by atoms with Crippen LogP contribution in [0, 0.1) is 11.7 Å². The Kier molecular flexibility index (Phi) is 6.42. The molecule has 0 saturated carbocycles. The van der Waals surface area contributed by atoms with Crippen molar-refractivity contribution >= 4 is 17.8 Å². The van der Waals surface area contributed by atoms with Crippen molar-refractivity contribution in [1.82, 2.24) is 10.6 Å². The van der Waals surface area contributed by atoms with E-state index in [4.69, 9.17) is 5.11 Å². The van der Waals surface area contributed by atoms with Crippen LogP contribution in [0.4, 0.5) is 4.39 Å². The number of benzene rings is 1. The molecule has 0 spiro atoms. The molecule has 0 bridgehead atoms. The summed E-state index contributed by atoms with van der Waals surface area (Å²) >= 11 is 0. The van der Waals surface area contributed by atoms with Crippen molar-refractivity contribution < 1.29 is 29.0 Å². The Balaban J connectivity index is 2.76. The monoisotopic (exact) mass is 340 g/mol. The lowest BCUT2D eigenvalue weighted by Crippen LogP contribution is -2.54. The fourth-order valence-corrected chi connectivity index (χ4v) is 1.81. The smallest absolute Gasteiger partial charge is 0.337 e. The number of aliphatic hydroxyl groups is 1. The molecule has 0 heterocycles. The minimum atomic E-state index is -2.11. The van der Waals surface area contributed by atoms with Crippen molar-refractivity contribution in [3.63, 3.8) is 0 Å². The molecule has 0 aliphatic heterocycles. The molecule has 0 saturated heterocycles. The molecule has 1 rings (SSSR count). The van der Waals surface area contributed by atoms with E-state index in [2.05, 4.69) is 10.6 Å². The van der Waals surface area contributed by atoms with E-state index in [0.29, 0.717) is 0 Å². The van der Waals surface area contributed by atoms with Crippen LogP contribution in [0.25, 0.3) is 0 Å². The molecule has 2 atom stereocenters. The Morgan fingerprint density at radius 3 is 2.21 bits per heavy atom. The second-order valence-electron chi connectivity index (χ2n) is 6.00. The summed E-state index contributed by atoms with van der Waals surface area (Å²) in [5.41, 5.74) is -1.93. The van der Waals surface area contributed by atoms with Crippen molar-refractivity contribution in [3.8, 4) is 0 Å². The first-order chi connectivity index (χ1) is 11.0. The van der Waals surface area contributed by atoms with Gasteiger partial charge >= 0.3 is 5.97 Å². The number of amides is 2. The molecule has 7 nitrogen and oxygen atoms in total. The average molecular weight is 340 g/mol. The first kappa shape index (κ1) is 19.6. The number of hydrogen-bond acceptors (Lipinski definition) is 4. The molecule has 0 radical (unpaired) electrons. The van der Waals surface area contributed by atoms with Crippen LogP contribution < -0.4 is 10.6 Å². The Morgan fingerprint density at radius 1 is 1.21 bits per heavy atom. The molecule has 1 aromatic carbocycles. The normalized spacial score (nSPS) is 14.6. The van der Waals surface area contributed by atoms with E-state index in [-0.39, 0.29) is 11.5 Å². The van der Waals surface area contributed by atoms with Crippen LogP contribution in [-0.2, 0) is 9.59 Å². The molecule has 0 aliphatic carbocycles. The van der Waals surface area contributed by atoms with Gasteiger partial charge in [0.05, 0.1) is 6.54 Å². The number of hydrogen-bond donors (Lipinski definition) is 4. The lowest BCUT2D eigenvalue weighted by molar-refractivity contribution is -0.156. The second-order valence-corrected chi connectivity index (χ2v) is 6.00. The zero-order chi connectivity index (χ0) is 18.5. The highest BCUT2D eigenvalue weighted by Gasteiger charge is 2.32. The molecule has 0 aliphatic rings. The number of rotatable bonds is 7. The standard InChI is InChI=1S/C16H21FN2O5/c1-9(2)12(14(21)18-8-16(3,24)15(22)23)19-13(20)10-4-6-11(17)7-5-10/h4-7,9,12,24H,8H2,1-3H3,(H,18,21)(H,19,20)(H,22,23). The van der Waals surface area contributed by atoms with E-state index in [1.165, 1.54) is 12.1 Å². The van der Waals surface area contributed by atoms with E-state index in [1.54, 1.807) is 13.8 Å². The van der Waals surface area contributed by atoms with Gasteiger partial charge in [0.15, 0.2) is 5.60 Å². The first-order valence-corrected chi connectivity index (χ1v) is 7.34. The van der Waals surface area contributed by atoms with Crippen molar-refractivity contribution in [2.75, 3.05) is 6.54 Å². The average Bonchev–Trinajstić information content (AvgIpc) is 2.50. The van der Waals surface area contributed by atoms with E-state index in [0.717, 1.165) is 19.1 Å². The van der Waals surface area contributed by atoms with Gasteiger partial charge in [-0.25, -0.2) is 9.18 Å². The predicted octanol–water partition coefficient (Wildman–Crippen LogP) is 0.532. The van der Waals surface area contributed by atoms with Gasteiger partial charge < -0.3 is 20.8 Å². The Morgan fingerprint density at radius 2 is 1.75 bits per heavy atom. The number of carboxylic acid groups (broad SMARTS) is 1. The number of carboxylic acids is 1. The van der Waals surface area contributed by atoms with Crippen LogP contribution in [0.5, 0.6) is 0 Å². The van der Waals surface area contributed by atoms with Crippen molar-refractivity contribution in [1.29, 1.82) is 0 Å². The maximum absolute atomic E-state index is 12.9. The highest BCUT2D eigenvalue weighted by atomic mass is 19.1. The van der Waals surface area contributed by atoms with Crippen molar-refractivity contribution in [2.45, 2.75) is 32.4 Å². The summed E-state index contributed by atoms with van der Waals surface area (Å²) in [5, 5.41) is 23.2. The van der Waals surface area contributed by atoms with Crippen LogP contribution in [0.2, 0.25) is 0 Å². The molecule has 2 unspecified atom stereocenters. The second kappa shape index (κ2) is 7.87. The third-order valence-electron chi connectivity index (χ3n) is 3.41. The number of carbonyl (C=O) groups is 3. The molecule has 4 N–H and O–H groups in total. The van der Waals surface area contributed by atoms with Gasteiger partial charge in [-0.2, -0.15) is 0 Å². The highest BCUT2D eigenvalue weighted by molar-refractivity contribution is 5.97. The molecule has 0 aromatic heterocycles. The zero-order valence-electron chi connectivity index (χ0n) is 13.7. The van der Waals surface area contributed by atoms with E-state index < -0.39 is 41.8 Å². The van der Waals surface area contributed by atoms with Gasteiger partial charge in [-0.1, -0.05) is 13.8 Å². The summed E-state index contributed by atoms with van der Waals surface area (Å²) in [6.07, 6.45) is 0. The minimum absolute atomic E-state index is 0.187. The van der Waals surface area contributed by atoms with Crippen molar-refractivity contribution in [2.24, 2.45) is 5.92 Å². The molecule has 0 fully saturated rings. The lowest BCUT2D eigenvalue weighted by Gasteiger charge is -2.24. The number of carbonyl (C=O) groups excluding carboxylic acids is 2. The molecule has 1 aromatic rings. The van der Waals surface area contributed by atoms with E-state index in [9.17, 15) is 23.9 Å². The van der Waals surface area contributed by atoms with Gasteiger partial charge in [0.25, 0.3) is 5.91 Å². The predicted molar refractivity (Wildman–Crippen MR) is 83.8 cm³/mol. The Hall–Kier alpha value is -2.48. The van der Waals surface area contributed by atoms with Gasteiger partial charge in [-0.3, -0.25) is 9.59 Å². The topological polar surface area (TPSA) is 116 Å². The molecule has 8 heteroatoms. The molecular weight excluding hydrogens is 319 g/mol. The summed E-state index contributed by atoms with van der Waals surface area (Å²) in [4.78, 5) is 35.1. The third kappa shape index (κ3) is 5.31. The summed E-state index contributed by atoms with van der Waals surface area (Å²) in [6.45, 7) is 3.95. The summed E-state index contributed by atoms with van der Waals surface area (Å²) in [6, 6.07) is 3.89.